The molecule has 1 aliphatic heterocycles. The Labute approximate surface area is 204 Å². The smallest absolute Gasteiger partial charge is 0.203 e. The highest BCUT2D eigenvalue weighted by Gasteiger charge is 2.31. The number of rotatable bonds is 3. The molecule has 6 heteroatoms. The van der Waals surface area contributed by atoms with Gasteiger partial charge in [0.2, 0.25) is 4.77 Å². The first-order valence-corrected chi connectivity index (χ1v) is 11.8. The van der Waals surface area contributed by atoms with Gasteiger partial charge in [-0.3, -0.25) is 4.57 Å². The topological polar surface area (TPSA) is 32.0 Å². The Morgan fingerprint density at radius 2 is 1.39 bits per heavy atom. The van der Waals surface area contributed by atoms with Crippen LogP contribution in [0.5, 0.6) is 11.5 Å². The van der Waals surface area contributed by atoms with Gasteiger partial charge in [-0.1, -0.05) is 82.7 Å². The minimum atomic E-state index is -0.200. The van der Waals surface area contributed by atoms with Gasteiger partial charge in [-0.25, -0.2) is 4.68 Å². The van der Waals surface area contributed by atoms with Crippen LogP contribution in [0.4, 0.5) is 0 Å². The summed E-state index contributed by atoms with van der Waals surface area (Å²) in [5.74, 6) is 2.43. The van der Waals surface area contributed by atoms with Gasteiger partial charge in [-0.15, -0.1) is 0 Å². The molecule has 0 spiro atoms. The molecule has 0 atom stereocenters. The van der Waals surface area contributed by atoms with Crippen molar-refractivity contribution < 1.29 is 4.74 Å². The molecule has 0 saturated heterocycles. The van der Waals surface area contributed by atoms with E-state index < -0.39 is 0 Å². The molecular weight excluding hydrogens is 494 g/mol. The van der Waals surface area contributed by atoms with Crippen LogP contribution in [-0.4, -0.2) is 14.3 Å². The Balaban J connectivity index is 1.65. The van der Waals surface area contributed by atoms with Gasteiger partial charge in [0, 0.05) is 26.9 Å². The summed E-state index contributed by atoms with van der Waals surface area (Å²) in [6, 6.07) is 34.2. The van der Waals surface area contributed by atoms with Crippen molar-refractivity contribution in [3.8, 4) is 28.6 Å². The van der Waals surface area contributed by atoms with E-state index in [-0.39, 0.29) is 6.04 Å². The Hall–Kier alpha value is -3.48. The first kappa shape index (κ1) is 20.1. The number of benzene rings is 4. The van der Waals surface area contributed by atoms with Gasteiger partial charge in [0.1, 0.15) is 17.5 Å². The zero-order valence-corrected chi connectivity index (χ0v) is 19.8. The first-order valence-electron chi connectivity index (χ1n) is 10.6. The van der Waals surface area contributed by atoms with Crippen LogP contribution in [0.15, 0.2) is 108 Å². The second-order valence-corrected chi connectivity index (χ2v) is 9.09. The average Bonchev–Trinajstić information content (AvgIpc) is 3.19. The largest absolute Gasteiger partial charge is 0.457 e. The molecule has 5 aromatic rings. The molecule has 160 valence electrons. The Morgan fingerprint density at radius 3 is 2.06 bits per heavy atom. The third-order valence-corrected chi connectivity index (χ3v) is 6.65. The summed E-state index contributed by atoms with van der Waals surface area (Å²) in [6.07, 6.45) is 0. The standard InChI is InChI=1S/C27H18BrN3OS/c28-19-10-8-9-18(17-19)26-29-31(27(33)30(26)20-11-2-1-3-12-20)25-21-13-4-6-15-23(21)32-24-16-7-5-14-22(24)25/h1-17,25H. The second kappa shape index (κ2) is 8.14. The van der Waals surface area contributed by atoms with Gasteiger partial charge >= 0.3 is 0 Å². The fourth-order valence-corrected chi connectivity index (χ4v) is 5.06. The van der Waals surface area contributed by atoms with Crippen LogP contribution in [0.25, 0.3) is 17.1 Å². The molecule has 1 aromatic heterocycles. The molecule has 1 aliphatic rings. The minimum Gasteiger partial charge on any atom is -0.457 e. The maximum Gasteiger partial charge on any atom is 0.203 e. The zero-order valence-electron chi connectivity index (χ0n) is 17.4. The molecule has 4 aromatic carbocycles. The van der Waals surface area contributed by atoms with Crippen molar-refractivity contribution in [2.45, 2.75) is 6.04 Å². The molecule has 6 rings (SSSR count). The maximum atomic E-state index is 6.20. The molecule has 0 N–H and O–H groups in total. The van der Waals surface area contributed by atoms with Crippen molar-refractivity contribution in [2.75, 3.05) is 0 Å². The average molecular weight is 512 g/mol. The summed E-state index contributed by atoms with van der Waals surface area (Å²) >= 11 is 9.68. The first-order chi connectivity index (χ1) is 16.2. The number of hydrogen-bond acceptors (Lipinski definition) is 3. The molecule has 4 nitrogen and oxygen atoms in total. The highest BCUT2D eigenvalue weighted by atomic mass is 79.9. The number of hydrogen-bond donors (Lipinski definition) is 0. The van der Waals surface area contributed by atoms with Gasteiger partial charge in [0.25, 0.3) is 0 Å². The van der Waals surface area contributed by atoms with Crippen LogP contribution in [-0.2, 0) is 0 Å². The number of nitrogens with zero attached hydrogens (tertiary/aromatic N) is 3. The minimum absolute atomic E-state index is 0.200. The van der Waals surface area contributed by atoms with Crippen molar-refractivity contribution in [3.63, 3.8) is 0 Å². The third kappa shape index (κ3) is 3.43. The predicted molar refractivity (Wildman–Crippen MR) is 136 cm³/mol. The predicted octanol–water partition coefficient (Wildman–Crippen LogP) is 7.58. The second-order valence-electron chi connectivity index (χ2n) is 7.81. The Morgan fingerprint density at radius 1 is 0.758 bits per heavy atom. The molecule has 0 bridgehead atoms. The van der Waals surface area contributed by atoms with E-state index >= 15 is 0 Å². The van der Waals surface area contributed by atoms with Crippen LogP contribution >= 0.6 is 28.1 Å². The van der Waals surface area contributed by atoms with Gasteiger partial charge in [-0.05, 0) is 48.6 Å². The molecule has 0 radical (unpaired) electrons. The van der Waals surface area contributed by atoms with E-state index in [0.717, 1.165) is 44.2 Å². The lowest BCUT2D eigenvalue weighted by molar-refractivity contribution is 0.423. The van der Waals surface area contributed by atoms with Gasteiger partial charge in [-0.2, -0.15) is 5.10 Å². The van der Waals surface area contributed by atoms with Crippen LogP contribution in [0.3, 0.4) is 0 Å². The van der Waals surface area contributed by atoms with Crippen LogP contribution in [0.2, 0.25) is 0 Å². The SMILES string of the molecule is S=c1n(C2c3ccccc3Oc3ccccc32)nc(-c2cccc(Br)c2)n1-c1ccccc1. The normalized spacial score (nSPS) is 12.6. The van der Waals surface area contributed by atoms with Crippen molar-refractivity contribution in [1.29, 1.82) is 0 Å². The van der Waals surface area contributed by atoms with Gasteiger partial charge < -0.3 is 4.74 Å². The number of ether oxygens (including phenoxy) is 1. The molecule has 0 unspecified atom stereocenters. The van der Waals surface area contributed by atoms with E-state index in [2.05, 4.69) is 52.3 Å². The number of aromatic nitrogens is 3. The van der Waals surface area contributed by atoms with Gasteiger partial charge in [0.05, 0.1) is 0 Å². The van der Waals surface area contributed by atoms with Gasteiger partial charge in [0.15, 0.2) is 5.82 Å². The number of fused-ring (bicyclic) bond motifs is 2. The lowest BCUT2D eigenvalue weighted by Gasteiger charge is -2.28. The fraction of sp³-hybridized carbons (Fsp3) is 0.0370. The van der Waals surface area contributed by atoms with Crippen LogP contribution in [0.1, 0.15) is 17.2 Å². The van der Waals surface area contributed by atoms with Crippen molar-refractivity contribution in [3.05, 3.63) is 123 Å². The van der Waals surface area contributed by atoms with E-state index in [1.807, 2.05) is 76.0 Å². The molecule has 2 heterocycles. The van der Waals surface area contributed by atoms with Crippen molar-refractivity contribution in [1.82, 2.24) is 14.3 Å². The third-order valence-electron chi connectivity index (χ3n) is 5.79. The highest BCUT2D eigenvalue weighted by Crippen LogP contribution is 2.45. The Bertz CT molecular complexity index is 1500. The monoisotopic (exact) mass is 511 g/mol. The number of para-hydroxylation sites is 3. The molecule has 0 aliphatic carbocycles. The summed E-state index contributed by atoms with van der Waals surface area (Å²) in [5, 5.41) is 5.12. The molecule has 0 fully saturated rings. The lowest BCUT2D eigenvalue weighted by atomic mass is 9.95. The van der Waals surface area contributed by atoms with Crippen LogP contribution < -0.4 is 4.74 Å². The summed E-state index contributed by atoms with van der Waals surface area (Å²) in [4.78, 5) is 0. The van der Waals surface area contributed by atoms with Crippen LogP contribution in [0, 0.1) is 4.77 Å². The summed E-state index contributed by atoms with van der Waals surface area (Å²) < 4.78 is 11.8. The summed E-state index contributed by atoms with van der Waals surface area (Å²) in [6.45, 7) is 0. The van der Waals surface area contributed by atoms with E-state index in [4.69, 9.17) is 22.1 Å². The van der Waals surface area contributed by atoms with E-state index in [1.165, 1.54) is 0 Å². The van der Waals surface area contributed by atoms with E-state index in [9.17, 15) is 0 Å². The number of halogens is 1. The summed E-state index contributed by atoms with van der Waals surface area (Å²) in [7, 11) is 0. The molecule has 0 saturated carbocycles. The van der Waals surface area contributed by atoms with E-state index in [0.29, 0.717) is 4.77 Å². The maximum absolute atomic E-state index is 6.20. The fourth-order valence-electron chi connectivity index (χ4n) is 4.32. The molecular formula is C27H18BrN3OS. The van der Waals surface area contributed by atoms with Crippen molar-refractivity contribution >= 4 is 28.1 Å². The van der Waals surface area contributed by atoms with Crippen molar-refractivity contribution in [2.24, 2.45) is 0 Å². The highest BCUT2D eigenvalue weighted by molar-refractivity contribution is 9.10. The zero-order chi connectivity index (χ0) is 22.4. The molecule has 0 amide bonds. The Kier molecular flexibility index (Phi) is 4.97. The van der Waals surface area contributed by atoms with E-state index in [1.54, 1.807) is 0 Å². The quantitative estimate of drug-likeness (QED) is 0.229. The lowest BCUT2D eigenvalue weighted by Crippen LogP contribution is -2.19. The summed E-state index contributed by atoms with van der Waals surface area (Å²) in [5.41, 5.74) is 4.01. The molecule has 33 heavy (non-hydrogen) atoms.